The monoisotopic (exact) mass is 202 g/mol. The first kappa shape index (κ1) is 9.93. The summed E-state index contributed by atoms with van der Waals surface area (Å²) in [6.07, 6.45) is 2.43. The highest BCUT2D eigenvalue weighted by molar-refractivity contribution is 5.54. The minimum atomic E-state index is 0.597. The number of aromatic nitrogens is 1. The molecule has 0 aliphatic carbocycles. The van der Waals surface area contributed by atoms with Gasteiger partial charge in [-0.2, -0.15) is 0 Å². The number of nitrogens with zero attached hydrogens (tertiary/aromatic N) is 1. The second-order valence-electron chi connectivity index (χ2n) is 3.55. The van der Waals surface area contributed by atoms with Crippen LogP contribution in [0, 0.1) is 6.92 Å². The Labute approximate surface area is 88.9 Å². The van der Waals surface area contributed by atoms with Crippen LogP contribution in [0.25, 0.3) is 11.5 Å². The maximum Gasteiger partial charge on any atom is 0.226 e. The van der Waals surface area contributed by atoms with Crippen molar-refractivity contribution in [1.82, 2.24) is 4.98 Å². The number of hydrogen-bond donors (Lipinski definition) is 1. The molecule has 0 amide bonds. The molecule has 1 heterocycles. The van der Waals surface area contributed by atoms with Crippen molar-refractivity contribution >= 4 is 0 Å². The van der Waals surface area contributed by atoms with E-state index in [2.05, 4.69) is 11.1 Å². The van der Waals surface area contributed by atoms with E-state index < -0.39 is 0 Å². The third-order valence-corrected chi connectivity index (χ3v) is 2.22. The molecule has 0 atom stereocenters. The molecule has 3 heteroatoms. The van der Waals surface area contributed by atoms with Gasteiger partial charge < -0.3 is 10.2 Å². The highest BCUT2D eigenvalue weighted by atomic mass is 16.3. The van der Waals surface area contributed by atoms with Crippen LogP contribution in [-0.4, -0.2) is 11.5 Å². The van der Waals surface area contributed by atoms with Crippen LogP contribution in [0.4, 0.5) is 0 Å². The maximum absolute atomic E-state index is 5.45. The Morgan fingerprint density at radius 2 is 2.27 bits per heavy atom. The van der Waals surface area contributed by atoms with E-state index in [1.807, 2.05) is 25.1 Å². The number of benzene rings is 1. The predicted molar refractivity (Wildman–Crippen MR) is 59.4 cm³/mol. The fourth-order valence-electron chi connectivity index (χ4n) is 1.48. The van der Waals surface area contributed by atoms with Gasteiger partial charge in [0.2, 0.25) is 5.89 Å². The lowest BCUT2D eigenvalue weighted by Gasteiger charge is -1.96. The Morgan fingerprint density at radius 3 is 3.00 bits per heavy atom. The van der Waals surface area contributed by atoms with Gasteiger partial charge in [-0.25, -0.2) is 4.98 Å². The van der Waals surface area contributed by atoms with Gasteiger partial charge in [0.05, 0.1) is 5.69 Å². The van der Waals surface area contributed by atoms with Crippen molar-refractivity contribution in [3.63, 3.8) is 0 Å². The second kappa shape index (κ2) is 4.28. The molecule has 0 radical (unpaired) electrons. The molecule has 0 aliphatic rings. The van der Waals surface area contributed by atoms with E-state index in [-0.39, 0.29) is 0 Å². The van der Waals surface area contributed by atoms with Gasteiger partial charge in [0.15, 0.2) is 0 Å². The van der Waals surface area contributed by atoms with Crippen LogP contribution in [0.3, 0.4) is 0 Å². The first-order valence-electron chi connectivity index (χ1n) is 5.01. The van der Waals surface area contributed by atoms with E-state index in [4.69, 9.17) is 10.2 Å². The average molecular weight is 202 g/mol. The summed E-state index contributed by atoms with van der Waals surface area (Å²) >= 11 is 0. The molecule has 2 aromatic rings. The molecule has 0 fully saturated rings. The number of rotatable bonds is 3. The average Bonchev–Trinajstić information content (AvgIpc) is 2.67. The summed E-state index contributed by atoms with van der Waals surface area (Å²) in [6.45, 7) is 2.65. The Balaban J connectivity index is 2.29. The first-order chi connectivity index (χ1) is 7.29. The summed E-state index contributed by atoms with van der Waals surface area (Å²) < 4.78 is 5.39. The summed E-state index contributed by atoms with van der Waals surface area (Å²) in [5, 5.41) is 0. The van der Waals surface area contributed by atoms with Gasteiger partial charge in [0.1, 0.15) is 6.26 Å². The van der Waals surface area contributed by atoms with Gasteiger partial charge in [-0.1, -0.05) is 17.7 Å². The topological polar surface area (TPSA) is 52.0 Å². The van der Waals surface area contributed by atoms with Gasteiger partial charge in [-0.05, 0) is 25.6 Å². The quantitative estimate of drug-likeness (QED) is 0.829. The third kappa shape index (κ3) is 2.25. The first-order valence-corrected chi connectivity index (χ1v) is 5.01. The molecule has 1 aromatic heterocycles. The molecule has 0 unspecified atom stereocenters. The lowest BCUT2D eigenvalue weighted by Crippen LogP contribution is -2.02. The number of nitrogens with two attached hydrogens (primary N) is 1. The Morgan fingerprint density at radius 1 is 1.40 bits per heavy atom. The van der Waals surface area contributed by atoms with Crippen LogP contribution < -0.4 is 5.73 Å². The van der Waals surface area contributed by atoms with Gasteiger partial charge in [-0.3, -0.25) is 0 Å². The van der Waals surface area contributed by atoms with Crippen molar-refractivity contribution in [2.24, 2.45) is 5.73 Å². The van der Waals surface area contributed by atoms with Gasteiger partial charge in [0.25, 0.3) is 0 Å². The molecule has 78 valence electrons. The summed E-state index contributed by atoms with van der Waals surface area (Å²) in [6, 6.07) is 8.09. The molecular weight excluding hydrogens is 188 g/mol. The van der Waals surface area contributed by atoms with Gasteiger partial charge >= 0.3 is 0 Å². The molecule has 3 nitrogen and oxygen atoms in total. The Kier molecular flexibility index (Phi) is 2.83. The van der Waals surface area contributed by atoms with Crippen LogP contribution in [-0.2, 0) is 6.42 Å². The molecule has 0 spiro atoms. The number of hydrogen-bond acceptors (Lipinski definition) is 3. The van der Waals surface area contributed by atoms with Crippen LogP contribution in [0.15, 0.2) is 34.9 Å². The van der Waals surface area contributed by atoms with Crippen molar-refractivity contribution in [3.8, 4) is 11.5 Å². The van der Waals surface area contributed by atoms with Crippen LogP contribution >= 0.6 is 0 Å². The smallest absolute Gasteiger partial charge is 0.226 e. The highest BCUT2D eigenvalue weighted by Crippen LogP contribution is 2.19. The zero-order chi connectivity index (χ0) is 10.7. The molecule has 0 saturated heterocycles. The van der Waals surface area contributed by atoms with E-state index in [9.17, 15) is 0 Å². The van der Waals surface area contributed by atoms with Crippen molar-refractivity contribution in [1.29, 1.82) is 0 Å². The Hall–Kier alpha value is -1.61. The standard InChI is InChI=1S/C12H14N2O/c1-9-3-2-4-10(7-9)12-14-11(5-6-13)8-15-12/h2-4,7-8H,5-6,13H2,1H3. The fraction of sp³-hybridized carbons (Fsp3) is 0.250. The molecule has 15 heavy (non-hydrogen) atoms. The summed E-state index contributed by atoms with van der Waals surface area (Å²) in [5.41, 5.74) is 8.57. The molecule has 2 N–H and O–H groups in total. The maximum atomic E-state index is 5.45. The van der Waals surface area contributed by atoms with E-state index in [1.165, 1.54) is 5.56 Å². The van der Waals surface area contributed by atoms with Gasteiger partial charge in [-0.15, -0.1) is 0 Å². The fourth-order valence-corrected chi connectivity index (χ4v) is 1.48. The van der Waals surface area contributed by atoms with Gasteiger partial charge in [0, 0.05) is 12.0 Å². The molecule has 2 rings (SSSR count). The summed E-state index contributed by atoms with van der Waals surface area (Å²) in [5.74, 6) is 0.669. The van der Waals surface area contributed by atoms with Crippen LogP contribution in [0.1, 0.15) is 11.3 Å². The van der Waals surface area contributed by atoms with Crippen molar-refractivity contribution in [3.05, 3.63) is 41.8 Å². The molecule has 0 bridgehead atoms. The minimum Gasteiger partial charge on any atom is -0.444 e. The second-order valence-corrected chi connectivity index (χ2v) is 3.55. The largest absolute Gasteiger partial charge is 0.444 e. The van der Waals surface area contributed by atoms with E-state index in [0.717, 1.165) is 17.7 Å². The normalized spacial score (nSPS) is 10.5. The predicted octanol–water partition coefficient (Wildman–Crippen LogP) is 2.15. The minimum absolute atomic E-state index is 0.597. The zero-order valence-corrected chi connectivity index (χ0v) is 8.73. The number of oxazole rings is 1. The summed E-state index contributed by atoms with van der Waals surface area (Å²) in [4.78, 5) is 4.36. The molecular formula is C12H14N2O. The summed E-state index contributed by atoms with van der Waals surface area (Å²) in [7, 11) is 0. The lowest BCUT2D eigenvalue weighted by atomic mass is 10.1. The lowest BCUT2D eigenvalue weighted by molar-refractivity contribution is 0.572. The highest BCUT2D eigenvalue weighted by Gasteiger charge is 2.05. The Bertz CT molecular complexity index is 448. The van der Waals surface area contributed by atoms with Crippen LogP contribution in [0.5, 0.6) is 0 Å². The zero-order valence-electron chi connectivity index (χ0n) is 8.73. The van der Waals surface area contributed by atoms with E-state index >= 15 is 0 Å². The van der Waals surface area contributed by atoms with Crippen LogP contribution in [0.2, 0.25) is 0 Å². The molecule has 0 aliphatic heterocycles. The van der Waals surface area contributed by atoms with Crippen molar-refractivity contribution < 1.29 is 4.42 Å². The van der Waals surface area contributed by atoms with Crippen molar-refractivity contribution in [2.45, 2.75) is 13.3 Å². The number of aryl methyl sites for hydroxylation is 1. The molecule has 0 saturated carbocycles. The SMILES string of the molecule is Cc1cccc(-c2nc(CCN)co2)c1. The third-order valence-electron chi connectivity index (χ3n) is 2.22. The van der Waals surface area contributed by atoms with E-state index in [1.54, 1.807) is 6.26 Å². The van der Waals surface area contributed by atoms with Crippen molar-refractivity contribution in [2.75, 3.05) is 6.54 Å². The van der Waals surface area contributed by atoms with E-state index in [0.29, 0.717) is 12.4 Å². The molecule has 1 aromatic carbocycles.